The number of thiazole rings is 1. The van der Waals surface area contributed by atoms with Crippen LogP contribution in [0.1, 0.15) is 60.8 Å². The third kappa shape index (κ3) is 8.72. The summed E-state index contributed by atoms with van der Waals surface area (Å²) in [6, 6.07) is 13.6. The Balaban J connectivity index is 1.57. The number of hydrogen-bond donors (Lipinski definition) is 1. The molecule has 53 heavy (non-hydrogen) atoms. The van der Waals surface area contributed by atoms with Gasteiger partial charge in [-0.25, -0.2) is 19.4 Å². The zero-order valence-electron chi connectivity index (χ0n) is 29.6. The van der Waals surface area contributed by atoms with Crippen LogP contribution in [0.2, 0.25) is 5.02 Å². The number of hydrogen-bond acceptors (Lipinski definition) is 12. The first kappa shape index (κ1) is 38.6. The van der Waals surface area contributed by atoms with Crippen LogP contribution >= 0.6 is 22.9 Å². The molecule has 0 aliphatic carbocycles. The molecule has 13 nitrogen and oxygen atoms in total. The van der Waals surface area contributed by atoms with Gasteiger partial charge in [0.05, 0.1) is 59.4 Å². The van der Waals surface area contributed by atoms with Crippen LogP contribution in [0.4, 0.5) is 0 Å². The van der Waals surface area contributed by atoms with Gasteiger partial charge in [0.1, 0.15) is 6.61 Å². The zero-order chi connectivity index (χ0) is 38.2. The first-order valence-corrected chi connectivity index (χ1v) is 17.8. The van der Waals surface area contributed by atoms with Crippen molar-refractivity contribution in [3.8, 4) is 23.0 Å². The fraction of sp³-hybridized carbons (Fsp3) is 0.289. The minimum absolute atomic E-state index is 0.100. The summed E-state index contributed by atoms with van der Waals surface area (Å²) in [7, 11) is 1.25. The van der Waals surface area contributed by atoms with Crippen molar-refractivity contribution >= 4 is 46.9 Å². The van der Waals surface area contributed by atoms with E-state index in [1.165, 1.54) is 23.8 Å². The number of halogens is 1. The summed E-state index contributed by atoms with van der Waals surface area (Å²) < 4.78 is 35.2. The summed E-state index contributed by atoms with van der Waals surface area (Å²) in [6.07, 6.45) is 1.66. The second-order valence-electron chi connectivity index (χ2n) is 11.4. The van der Waals surface area contributed by atoms with Crippen LogP contribution in [0.5, 0.6) is 23.0 Å². The number of aromatic nitrogens is 1. The molecule has 1 N–H and O–H groups in total. The second kappa shape index (κ2) is 17.3. The van der Waals surface area contributed by atoms with Gasteiger partial charge < -0.3 is 33.5 Å². The predicted octanol–water partition coefficient (Wildman–Crippen LogP) is 5.08. The Labute approximate surface area is 313 Å². The van der Waals surface area contributed by atoms with E-state index in [0.29, 0.717) is 44.3 Å². The Bertz CT molecular complexity index is 2240. The highest BCUT2D eigenvalue weighted by molar-refractivity contribution is 7.07. The molecule has 0 unspecified atom stereocenters. The van der Waals surface area contributed by atoms with Crippen LogP contribution in [0.25, 0.3) is 6.08 Å². The van der Waals surface area contributed by atoms with E-state index in [-0.39, 0.29) is 54.1 Å². The van der Waals surface area contributed by atoms with Crippen molar-refractivity contribution in [3.63, 3.8) is 0 Å². The number of allylic oxidation sites excluding steroid dienone is 1. The molecule has 4 aromatic rings. The summed E-state index contributed by atoms with van der Waals surface area (Å²) in [5.74, 6) is -1.03. The standard InChI is InChI=1S/C38H37ClN2O11S/c1-6-48-28-18-25(13-14-27(28)51-20-31(42)47-5)33-32(37(46)50-8-3)21(4)40-38-41(33)35(43)30(53-38)17-23-15-26(39)34(29(16-23)49-7-2)52-19-22-9-11-24(12-10-22)36(44)45/h9-18,33H,6-8,19-20H2,1-5H3,(H,44,45)/b30-17-/t33-/m0/s1. The molecule has 0 saturated carbocycles. The van der Waals surface area contributed by atoms with Gasteiger partial charge in [-0.05, 0) is 86.9 Å². The number of esters is 2. The average molecular weight is 765 g/mol. The van der Waals surface area contributed by atoms with Crippen LogP contribution in [0.3, 0.4) is 0 Å². The van der Waals surface area contributed by atoms with Gasteiger partial charge in [0.15, 0.2) is 34.4 Å². The number of rotatable bonds is 15. The lowest BCUT2D eigenvalue weighted by molar-refractivity contribution is -0.143. The maximum Gasteiger partial charge on any atom is 0.343 e. The molecule has 1 aliphatic rings. The maximum absolute atomic E-state index is 14.3. The molecule has 0 bridgehead atoms. The SMILES string of the molecule is CCOC(=O)C1=C(C)N=c2s/c(=C\c3cc(Cl)c(OCc4ccc(C(=O)O)cc4)c(OCC)c3)c(=O)n2[C@H]1c1ccc(OCC(=O)OC)c(OCC)c1. The highest BCUT2D eigenvalue weighted by Crippen LogP contribution is 2.38. The minimum Gasteiger partial charge on any atom is -0.490 e. The molecule has 5 rings (SSSR count). The molecule has 0 amide bonds. The molecule has 1 atom stereocenters. The third-order valence-electron chi connectivity index (χ3n) is 7.89. The van der Waals surface area contributed by atoms with Crippen molar-refractivity contribution in [2.24, 2.45) is 4.99 Å². The number of fused-ring (bicyclic) bond motifs is 1. The molecule has 0 fully saturated rings. The highest BCUT2D eigenvalue weighted by Gasteiger charge is 2.34. The summed E-state index contributed by atoms with van der Waals surface area (Å²) in [5.41, 5.74) is 2.09. The molecular weight excluding hydrogens is 728 g/mol. The Morgan fingerprint density at radius 3 is 2.30 bits per heavy atom. The first-order chi connectivity index (χ1) is 25.5. The summed E-state index contributed by atoms with van der Waals surface area (Å²) in [4.78, 5) is 55.7. The largest absolute Gasteiger partial charge is 0.490 e. The molecule has 1 aliphatic heterocycles. The van der Waals surface area contributed by atoms with Crippen LogP contribution < -0.4 is 33.8 Å². The lowest BCUT2D eigenvalue weighted by atomic mass is 9.95. The van der Waals surface area contributed by atoms with Gasteiger partial charge in [0.2, 0.25) is 0 Å². The number of carboxylic acids is 1. The first-order valence-electron chi connectivity index (χ1n) is 16.6. The summed E-state index contributed by atoms with van der Waals surface area (Å²) >= 11 is 7.85. The molecule has 0 spiro atoms. The molecule has 1 aromatic heterocycles. The molecule has 0 saturated heterocycles. The lowest BCUT2D eigenvalue weighted by Gasteiger charge is -2.25. The molecular formula is C38H37ClN2O11S. The minimum atomic E-state index is -1.03. The number of carbonyl (C=O) groups is 3. The van der Waals surface area contributed by atoms with Gasteiger partial charge in [0, 0.05) is 0 Å². The van der Waals surface area contributed by atoms with Crippen LogP contribution in [0, 0.1) is 0 Å². The number of benzene rings is 3. The van der Waals surface area contributed by atoms with Crippen molar-refractivity contribution in [2.75, 3.05) is 33.5 Å². The van der Waals surface area contributed by atoms with E-state index in [2.05, 4.69) is 9.73 Å². The average Bonchev–Trinajstić information content (AvgIpc) is 3.43. The quantitative estimate of drug-likeness (QED) is 0.161. The molecule has 15 heteroatoms. The van der Waals surface area contributed by atoms with E-state index in [1.807, 2.05) is 6.92 Å². The van der Waals surface area contributed by atoms with E-state index >= 15 is 0 Å². The van der Waals surface area contributed by atoms with Crippen molar-refractivity contribution in [3.05, 3.63) is 113 Å². The molecule has 2 heterocycles. The highest BCUT2D eigenvalue weighted by atomic mass is 35.5. The van der Waals surface area contributed by atoms with Crippen molar-refractivity contribution in [1.82, 2.24) is 4.57 Å². The Morgan fingerprint density at radius 1 is 0.925 bits per heavy atom. The van der Waals surface area contributed by atoms with Crippen molar-refractivity contribution in [1.29, 1.82) is 0 Å². The number of carbonyl (C=O) groups excluding carboxylic acids is 2. The number of carboxylic acid groups (broad SMARTS) is 1. The van der Waals surface area contributed by atoms with Crippen LogP contribution in [-0.2, 0) is 25.7 Å². The van der Waals surface area contributed by atoms with Crippen molar-refractivity contribution < 1.29 is 47.9 Å². The lowest BCUT2D eigenvalue weighted by Crippen LogP contribution is -2.40. The van der Waals surface area contributed by atoms with E-state index in [0.717, 1.165) is 16.9 Å². The van der Waals surface area contributed by atoms with Crippen LogP contribution in [-0.4, -0.2) is 61.1 Å². The van der Waals surface area contributed by atoms with E-state index in [4.69, 9.17) is 35.3 Å². The topological polar surface area (TPSA) is 161 Å². The number of ether oxygens (including phenoxy) is 6. The van der Waals surface area contributed by atoms with Gasteiger partial charge in [-0.3, -0.25) is 9.36 Å². The number of methoxy groups -OCH3 is 1. The van der Waals surface area contributed by atoms with E-state index < -0.39 is 29.5 Å². The third-order valence-corrected chi connectivity index (χ3v) is 9.15. The Morgan fingerprint density at radius 2 is 1.64 bits per heavy atom. The van der Waals surface area contributed by atoms with E-state index in [9.17, 15) is 24.3 Å². The predicted molar refractivity (Wildman–Crippen MR) is 196 cm³/mol. The molecule has 278 valence electrons. The fourth-order valence-corrected chi connectivity index (χ4v) is 6.83. The smallest absolute Gasteiger partial charge is 0.343 e. The maximum atomic E-state index is 14.3. The van der Waals surface area contributed by atoms with Gasteiger partial charge in [-0.2, -0.15) is 0 Å². The van der Waals surface area contributed by atoms with Gasteiger partial charge >= 0.3 is 17.9 Å². The number of nitrogens with zero attached hydrogens (tertiary/aromatic N) is 2. The molecule has 3 aromatic carbocycles. The summed E-state index contributed by atoms with van der Waals surface area (Å²) in [5, 5.41) is 9.41. The Hall–Kier alpha value is -5.60. The number of aromatic carboxylic acids is 1. The van der Waals surface area contributed by atoms with E-state index in [1.54, 1.807) is 69.3 Å². The van der Waals surface area contributed by atoms with Crippen molar-refractivity contribution in [2.45, 2.75) is 40.3 Å². The monoisotopic (exact) mass is 764 g/mol. The fourth-order valence-electron chi connectivity index (χ4n) is 5.51. The Kier molecular flexibility index (Phi) is 12.6. The van der Waals surface area contributed by atoms with Crippen LogP contribution in [0.15, 0.2) is 75.7 Å². The zero-order valence-corrected chi connectivity index (χ0v) is 31.2. The second-order valence-corrected chi connectivity index (χ2v) is 12.8. The van der Waals surface area contributed by atoms with Gasteiger partial charge in [-0.1, -0.05) is 41.1 Å². The van der Waals surface area contributed by atoms with Gasteiger partial charge in [-0.15, -0.1) is 0 Å². The molecule has 0 radical (unpaired) electrons. The summed E-state index contributed by atoms with van der Waals surface area (Å²) in [6.45, 7) is 7.41. The van der Waals surface area contributed by atoms with Gasteiger partial charge in [0.25, 0.3) is 5.56 Å². The normalized spacial score (nSPS) is 13.8.